The molecule has 0 spiro atoms. The molecule has 0 unspecified atom stereocenters. The molecule has 0 bridgehead atoms. The second-order valence-electron chi connectivity index (χ2n) is 3.61. The third-order valence-electron chi connectivity index (χ3n) is 2.01. The first-order chi connectivity index (χ1) is 8.82. The van der Waals surface area contributed by atoms with Gasteiger partial charge in [0.1, 0.15) is 5.75 Å². The first-order valence-corrected chi connectivity index (χ1v) is 4.79. The molecule has 0 aromatic heterocycles. The van der Waals surface area contributed by atoms with Crippen molar-refractivity contribution in [1.29, 1.82) is 0 Å². The van der Waals surface area contributed by atoms with E-state index in [2.05, 4.69) is 4.74 Å². The van der Waals surface area contributed by atoms with E-state index in [1.165, 1.54) is 0 Å². The molecule has 0 aliphatic carbocycles. The molecule has 1 rings (SSSR count). The molecular formula is C10H5F9O. The zero-order valence-corrected chi connectivity index (χ0v) is 9.20. The van der Waals surface area contributed by atoms with E-state index >= 15 is 0 Å². The van der Waals surface area contributed by atoms with Crippen LogP contribution in [0.1, 0.15) is 5.56 Å². The van der Waals surface area contributed by atoms with Gasteiger partial charge in [0.15, 0.2) is 0 Å². The number of halogens is 9. The van der Waals surface area contributed by atoms with Crippen LogP contribution in [-0.2, 0) is 6.18 Å². The molecule has 10 heteroatoms. The van der Waals surface area contributed by atoms with E-state index < -0.39 is 35.9 Å². The largest absolute Gasteiger partial charge is 0.471 e. The van der Waals surface area contributed by atoms with Gasteiger partial charge >= 0.3 is 18.5 Å². The summed E-state index contributed by atoms with van der Waals surface area (Å²) in [5.74, 6) is -1.18. The minimum Gasteiger partial charge on any atom is -0.471 e. The molecule has 0 heterocycles. The number of benzene rings is 1. The summed E-state index contributed by atoms with van der Waals surface area (Å²) < 4.78 is 113. The van der Waals surface area contributed by atoms with Gasteiger partial charge in [0.2, 0.25) is 0 Å². The second-order valence-corrected chi connectivity index (χ2v) is 3.61. The summed E-state index contributed by atoms with van der Waals surface area (Å²) in [4.78, 5) is 0. The van der Waals surface area contributed by atoms with Crippen molar-refractivity contribution in [3.63, 3.8) is 0 Å². The molecule has 0 aliphatic rings. The Bertz CT molecular complexity index is 443. The van der Waals surface area contributed by atoms with Crippen LogP contribution in [0.3, 0.4) is 0 Å². The molecule has 0 saturated carbocycles. The fraction of sp³-hybridized carbons (Fsp3) is 0.400. The summed E-state index contributed by atoms with van der Waals surface area (Å²) in [6, 6.07) is 1.76. The van der Waals surface area contributed by atoms with Crippen molar-refractivity contribution in [2.75, 3.05) is 0 Å². The smallest absolute Gasteiger partial charge is 0.434 e. The first-order valence-electron chi connectivity index (χ1n) is 4.79. The zero-order chi connectivity index (χ0) is 15.8. The highest BCUT2D eigenvalue weighted by molar-refractivity contribution is 5.30. The van der Waals surface area contributed by atoms with Crippen LogP contribution in [0, 0.1) is 0 Å². The lowest BCUT2D eigenvalue weighted by Crippen LogP contribution is -2.46. The lowest BCUT2D eigenvalue weighted by Gasteiger charge is -2.24. The zero-order valence-electron chi connectivity index (χ0n) is 9.20. The molecular weight excluding hydrogens is 307 g/mol. The van der Waals surface area contributed by atoms with Gasteiger partial charge in [0, 0.05) is 0 Å². The van der Waals surface area contributed by atoms with Crippen molar-refractivity contribution >= 4 is 0 Å². The maximum atomic E-state index is 12.3. The molecule has 1 nitrogen and oxygen atoms in total. The minimum atomic E-state index is -5.80. The quantitative estimate of drug-likeness (QED) is 0.727. The summed E-state index contributed by atoms with van der Waals surface area (Å²) in [7, 11) is 0. The van der Waals surface area contributed by atoms with Gasteiger partial charge in [-0.1, -0.05) is 6.07 Å². The van der Waals surface area contributed by atoms with Crippen molar-refractivity contribution in [2.45, 2.75) is 24.6 Å². The Morgan fingerprint density at radius 2 is 1.30 bits per heavy atom. The average Bonchev–Trinajstić information content (AvgIpc) is 2.22. The van der Waals surface area contributed by atoms with Crippen molar-refractivity contribution in [1.82, 2.24) is 0 Å². The summed E-state index contributed by atoms with van der Waals surface area (Å²) in [5, 5.41) is 0. The van der Waals surface area contributed by atoms with Gasteiger partial charge in [-0.3, -0.25) is 0 Å². The normalized spacial score (nSPS) is 13.7. The van der Waals surface area contributed by atoms with Gasteiger partial charge < -0.3 is 4.74 Å². The van der Waals surface area contributed by atoms with Gasteiger partial charge in [-0.25, -0.2) is 0 Å². The fourth-order valence-corrected chi connectivity index (χ4v) is 1.20. The predicted molar refractivity (Wildman–Crippen MR) is 48.0 cm³/mol. The Kier molecular flexibility index (Phi) is 4.16. The van der Waals surface area contributed by atoms with Gasteiger partial charge in [0.05, 0.1) is 5.56 Å². The van der Waals surface area contributed by atoms with Crippen LogP contribution in [0.25, 0.3) is 0 Å². The number of hydrogen-bond donors (Lipinski definition) is 0. The standard InChI is InChI=1S/C10H5F9O/c11-8(12,13)5-2-1-3-6(4-5)20-7(9(14,15)16)10(17,18)19/h1-4,7H. The van der Waals surface area contributed by atoms with E-state index in [-0.39, 0.29) is 6.07 Å². The van der Waals surface area contributed by atoms with Crippen molar-refractivity contribution in [3.05, 3.63) is 29.8 Å². The van der Waals surface area contributed by atoms with Crippen LogP contribution in [0.4, 0.5) is 39.5 Å². The fourth-order valence-electron chi connectivity index (χ4n) is 1.20. The topological polar surface area (TPSA) is 9.23 Å². The van der Waals surface area contributed by atoms with Gasteiger partial charge in [-0.15, -0.1) is 0 Å². The molecule has 0 radical (unpaired) electrons. The van der Waals surface area contributed by atoms with E-state index in [1.807, 2.05) is 0 Å². The lowest BCUT2D eigenvalue weighted by atomic mass is 10.2. The summed E-state index contributed by atoms with van der Waals surface area (Å²) in [5.41, 5.74) is -1.42. The first kappa shape index (κ1) is 16.4. The number of hydrogen-bond acceptors (Lipinski definition) is 1. The Balaban J connectivity index is 3.08. The maximum Gasteiger partial charge on any atom is 0.434 e. The highest BCUT2D eigenvalue weighted by Crippen LogP contribution is 2.38. The number of alkyl halides is 9. The van der Waals surface area contributed by atoms with Crippen LogP contribution in [-0.4, -0.2) is 18.5 Å². The molecule has 0 atom stereocenters. The summed E-state index contributed by atoms with van der Waals surface area (Å²) >= 11 is 0. The van der Waals surface area contributed by atoms with E-state index in [4.69, 9.17) is 0 Å². The Hall–Kier alpha value is -1.61. The minimum absolute atomic E-state index is 0.0600. The van der Waals surface area contributed by atoms with E-state index in [0.717, 1.165) is 0 Å². The molecule has 114 valence electrons. The Morgan fingerprint density at radius 3 is 1.70 bits per heavy atom. The molecule has 0 N–H and O–H groups in total. The predicted octanol–water partition coefficient (Wildman–Crippen LogP) is 4.58. The third-order valence-corrected chi connectivity index (χ3v) is 2.01. The van der Waals surface area contributed by atoms with Crippen LogP contribution >= 0.6 is 0 Å². The monoisotopic (exact) mass is 312 g/mol. The third kappa shape index (κ3) is 4.20. The van der Waals surface area contributed by atoms with Gasteiger partial charge in [0.25, 0.3) is 6.10 Å². The molecule has 0 fully saturated rings. The molecule has 0 amide bonds. The van der Waals surface area contributed by atoms with Crippen molar-refractivity contribution in [2.24, 2.45) is 0 Å². The highest BCUT2D eigenvalue weighted by atomic mass is 19.4. The van der Waals surface area contributed by atoms with E-state index in [9.17, 15) is 39.5 Å². The molecule has 1 aromatic carbocycles. The Morgan fingerprint density at radius 1 is 0.800 bits per heavy atom. The number of rotatable bonds is 2. The number of ether oxygens (including phenoxy) is 1. The van der Waals surface area contributed by atoms with Gasteiger partial charge in [-0.05, 0) is 18.2 Å². The molecule has 0 aliphatic heterocycles. The van der Waals surface area contributed by atoms with Crippen molar-refractivity contribution in [3.8, 4) is 5.75 Å². The van der Waals surface area contributed by atoms with E-state index in [1.54, 1.807) is 0 Å². The van der Waals surface area contributed by atoms with Crippen LogP contribution in [0.15, 0.2) is 24.3 Å². The van der Waals surface area contributed by atoms with Crippen LogP contribution < -0.4 is 4.74 Å². The molecule has 20 heavy (non-hydrogen) atoms. The molecule has 1 aromatic rings. The summed E-state index contributed by atoms with van der Waals surface area (Å²) in [6.07, 6.45) is -20.7. The van der Waals surface area contributed by atoms with Crippen LogP contribution in [0.2, 0.25) is 0 Å². The van der Waals surface area contributed by atoms with Crippen molar-refractivity contribution < 1.29 is 44.3 Å². The van der Waals surface area contributed by atoms with E-state index in [0.29, 0.717) is 18.2 Å². The highest BCUT2D eigenvalue weighted by Gasteiger charge is 2.59. The summed E-state index contributed by atoms with van der Waals surface area (Å²) in [6.45, 7) is 0. The molecule has 0 saturated heterocycles. The van der Waals surface area contributed by atoms with Gasteiger partial charge in [-0.2, -0.15) is 39.5 Å². The lowest BCUT2D eigenvalue weighted by molar-refractivity contribution is -0.299. The maximum absolute atomic E-state index is 12.3. The SMILES string of the molecule is FC(F)(F)c1cccc(OC(C(F)(F)F)C(F)(F)F)c1. The Labute approximate surface area is 105 Å². The average molecular weight is 312 g/mol. The second kappa shape index (κ2) is 5.06. The van der Waals surface area contributed by atoms with Crippen LogP contribution in [0.5, 0.6) is 5.75 Å².